The van der Waals surface area contributed by atoms with Crippen molar-refractivity contribution in [2.45, 2.75) is 33.0 Å². The maximum absolute atomic E-state index is 5.03. The second-order valence-corrected chi connectivity index (χ2v) is 2.54. The van der Waals surface area contributed by atoms with Gasteiger partial charge in [0.1, 0.15) is 0 Å². The molecule has 0 aliphatic rings. The van der Waals surface area contributed by atoms with Crippen LogP contribution in [0.2, 0.25) is 0 Å². The van der Waals surface area contributed by atoms with E-state index in [1.165, 1.54) is 5.57 Å². The van der Waals surface area contributed by atoms with E-state index in [9.17, 15) is 0 Å². The second kappa shape index (κ2) is 6.38. The van der Waals surface area contributed by atoms with Gasteiger partial charge in [-0.2, -0.15) is 0 Å². The van der Waals surface area contributed by atoms with E-state index in [1.54, 1.807) is 14.2 Å². The highest BCUT2D eigenvalue weighted by atomic mass is 16.7. The van der Waals surface area contributed by atoms with Crippen molar-refractivity contribution in [3.05, 3.63) is 11.6 Å². The van der Waals surface area contributed by atoms with Crippen molar-refractivity contribution in [1.82, 2.24) is 0 Å². The summed E-state index contributed by atoms with van der Waals surface area (Å²) < 4.78 is 10.1. The molecule has 0 spiro atoms. The monoisotopic (exact) mass is 158 g/mol. The van der Waals surface area contributed by atoms with Crippen LogP contribution in [0.4, 0.5) is 0 Å². The minimum Gasteiger partial charge on any atom is -0.356 e. The average Bonchev–Trinajstić information content (AvgIpc) is 2.06. The van der Waals surface area contributed by atoms with Crippen molar-refractivity contribution >= 4 is 0 Å². The van der Waals surface area contributed by atoms with Gasteiger partial charge in [0.25, 0.3) is 0 Å². The zero-order valence-corrected chi connectivity index (χ0v) is 7.89. The van der Waals surface area contributed by atoms with Gasteiger partial charge < -0.3 is 9.47 Å². The van der Waals surface area contributed by atoms with Crippen LogP contribution in [-0.2, 0) is 9.47 Å². The first-order valence-electron chi connectivity index (χ1n) is 3.95. The Morgan fingerprint density at radius 1 is 1.36 bits per heavy atom. The summed E-state index contributed by atoms with van der Waals surface area (Å²) in [4.78, 5) is 0. The third-order valence-corrected chi connectivity index (χ3v) is 1.74. The zero-order valence-electron chi connectivity index (χ0n) is 7.89. The van der Waals surface area contributed by atoms with Gasteiger partial charge in [0.05, 0.1) is 0 Å². The number of methoxy groups -OCH3 is 2. The van der Waals surface area contributed by atoms with Crippen molar-refractivity contribution in [2.24, 2.45) is 0 Å². The molecule has 0 bridgehead atoms. The Labute approximate surface area is 69.2 Å². The summed E-state index contributed by atoms with van der Waals surface area (Å²) in [5.41, 5.74) is 1.38. The molecule has 0 radical (unpaired) electrons. The Morgan fingerprint density at radius 2 is 1.91 bits per heavy atom. The van der Waals surface area contributed by atoms with Crippen LogP contribution in [-0.4, -0.2) is 20.5 Å². The van der Waals surface area contributed by atoms with E-state index in [2.05, 4.69) is 19.9 Å². The normalized spacial score (nSPS) is 12.6. The topological polar surface area (TPSA) is 18.5 Å². The maximum Gasteiger partial charge on any atom is 0.160 e. The lowest BCUT2D eigenvalue weighted by Gasteiger charge is -2.10. The van der Waals surface area contributed by atoms with Crippen molar-refractivity contribution in [3.8, 4) is 0 Å². The van der Waals surface area contributed by atoms with E-state index in [0.717, 1.165) is 12.8 Å². The molecule has 0 heterocycles. The van der Waals surface area contributed by atoms with E-state index in [1.807, 2.05) is 0 Å². The van der Waals surface area contributed by atoms with Crippen molar-refractivity contribution in [1.29, 1.82) is 0 Å². The molecule has 0 aromatic rings. The molecule has 0 atom stereocenters. The molecule has 2 nitrogen and oxygen atoms in total. The fourth-order valence-electron chi connectivity index (χ4n) is 0.730. The molecule has 0 aromatic carbocycles. The third kappa shape index (κ3) is 4.99. The highest BCUT2D eigenvalue weighted by Gasteiger charge is 2.00. The molecule has 0 unspecified atom stereocenters. The van der Waals surface area contributed by atoms with Crippen molar-refractivity contribution in [2.75, 3.05) is 14.2 Å². The lowest BCUT2D eigenvalue weighted by Crippen LogP contribution is -2.11. The van der Waals surface area contributed by atoms with Crippen LogP contribution in [0.3, 0.4) is 0 Å². The van der Waals surface area contributed by atoms with Gasteiger partial charge in [-0.1, -0.05) is 18.6 Å². The third-order valence-electron chi connectivity index (χ3n) is 1.74. The lowest BCUT2D eigenvalue weighted by atomic mass is 10.2. The molecule has 0 amide bonds. The minimum absolute atomic E-state index is 0.0866. The molecule has 0 saturated heterocycles. The van der Waals surface area contributed by atoms with Gasteiger partial charge in [-0.3, -0.25) is 0 Å². The highest BCUT2D eigenvalue weighted by Crippen LogP contribution is 2.04. The first-order chi connectivity index (χ1) is 5.24. The standard InChI is InChI=1S/C9H18O2/c1-5-8(2)6-7-9(10-3)11-4/h6,9H,5,7H2,1-4H3/b8-6+. The molecule has 0 saturated carbocycles. The highest BCUT2D eigenvalue weighted by molar-refractivity contribution is 4.96. The number of rotatable bonds is 5. The van der Waals surface area contributed by atoms with Crippen LogP contribution in [0.15, 0.2) is 11.6 Å². The fourth-order valence-corrected chi connectivity index (χ4v) is 0.730. The van der Waals surface area contributed by atoms with E-state index < -0.39 is 0 Å². The predicted octanol–water partition coefficient (Wildman–Crippen LogP) is 2.35. The summed E-state index contributed by atoms with van der Waals surface area (Å²) in [6, 6.07) is 0. The van der Waals surface area contributed by atoms with Crippen LogP contribution < -0.4 is 0 Å². The number of ether oxygens (including phenoxy) is 2. The smallest absolute Gasteiger partial charge is 0.160 e. The Balaban J connectivity index is 3.65. The van der Waals surface area contributed by atoms with Crippen LogP contribution >= 0.6 is 0 Å². The molecule has 0 aromatic heterocycles. The van der Waals surface area contributed by atoms with Crippen LogP contribution in [0.1, 0.15) is 26.7 Å². The van der Waals surface area contributed by atoms with E-state index in [4.69, 9.17) is 9.47 Å². The largest absolute Gasteiger partial charge is 0.356 e. The molecule has 2 heteroatoms. The van der Waals surface area contributed by atoms with Gasteiger partial charge >= 0.3 is 0 Å². The molecule has 0 aliphatic carbocycles. The van der Waals surface area contributed by atoms with Crippen molar-refractivity contribution in [3.63, 3.8) is 0 Å². The first kappa shape index (κ1) is 10.7. The van der Waals surface area contributed by atoms with E-state index in [-0.39, 0.29) is 6.29 Å². The Morgan fingerprint density at radius 3 is 2.27 bits per heavy atom. The van der Waals surface area contributed by atoms with Crippen LogP contribution in [0.25, 0.3) is 0 Å². The summed E-state index contributed by atoms with van der Waals surface area (Å²) in [7, 11) is 3.31. The van der Waals surface area contributed by atoms with Gasteiger partial charge in [-0.05, 0) is 13.3 Å². The Hall–Kier alpha value is -0.340. The number of hydrogen-bond donors (Lipinski definition) is 0. The van der Waals surface area contributed by atoms with E-state index in [0.29, 0.717) is 0 Å². The minimum atomic E-state index is -0.0866. The SMILES string of the molecule is CC/C(C)=C/CC(OC)OC. The molecule has 0 N–H and O–H groups in total. The van der Waals surface area contributed by atoms with Gasteiger partial charge in [0, 0.05) is 20.6 Å². The molecule has 11 heavy (non-hydrogen) atoms. The summed E-state index contributed by atoms with van der Waals surface area (Å²) in [6.07, 6.45) is 4.00. The predicted molar refractivity (Wildman–Crippen MR) is 46.5 cm³/mol. The van der Waals surface area contributed by atoms with Gasteiger partial charge in [0.2, 0.25) is 0 Å². The summed E-state index contributed by atoms with van der Waals surface area (Å²) in [5, 5.41) is 0. The van der Waals surface area contributed by atoms with Gasteiger partial charge in [0.15, 0.2) is 6.29 Å². The molecular formula is C9H18O2. The van der Waals surface area contributed by atoms with E-state index >= 15 is 0 Å². The maximum atomic E-state index is 5.03. The molecular weight excluding hydrogens is 140 g/mol. The zero-order chi connectivity index (χ0) is 8.69. The quantitative estimate of drug-likeness (QED) is 0.451. The van der Waals surface area contributed by atoms with Crippen molar-refractivity contribution < 1.29 is 9.47 Å². The summed E-state index contributed by atoms with van der Waals surface area (Å²) in [5.74, 6) is 0. The lowest BCUT2D eigenvalue weighted by molar-refractivity contribution is -0.0987. The molecule has 0 aliphatic heterocycles. The Bertz CT molecular complexity index is 115. The van der Waals surface area contributed by atoms with Crippen LogP contribution in [0.5, 0.6) is 0 Å². The molecule has 66 valence electrons. The first-order valence-corrected chi connectivity index (χ1v) is 3.95. The summed E-state index contributed by atoms with van der Waals surface area (Å²) in [6.45, 7) is 4.25. The van der Waals surface area contributed by atoms with Gasteiger partial charge in [-0.25, -0.2) is 0 Å². The summed E-state index contributed by atoms with van der Waals surface area (Å²) >= 11 is 0. The second-order valence-electron chi connectivity index (χ2n) is 2.54. The van der Waals surface area contributed by atoms with Crippen LogP contribution in [0, 0.1) is 0 Å². The van der Waals surface area contributed by atoms with Gasteiger partial charge in [-0.15, -0.1) is 0 Å². The fraction of sp³-hybridized carbons (Fsp3) is 0.778. The Kier molecular flexibility index (Phi) is 6.18. The molecule has 0 rings (SSSR count). The number of allylic oxidation sites excluding steroid dienone is 1. The number of hydrogen-bond acceptors (Lipinski definition) is 2. The average molecular weight is 158 g/mol. The molecule has 0 fully saturated rings.